The summed E-state index contributed by atoms with van der Waals surface area (Å²) in [7, 11) is 0. The van der Waals surface area contributed by atoms with E-state index in [2.05, 4.69) is 37.2 Å². The molecule has 0 spiro atoms. The molecule has 0 fully saturated rings. The Morgan fingerprint density at radius 2 is 0.988 bits per heavy atom. The molecule has 30 nitrogen and oxygen atoms in total. The number of nitrogens with two attached hydrogens (primary N) is 1. The lowest BCUT2D eigenvalue weighted by molar-refractivity contribution is -0.154. The molecule has 2 rings (SSSR count). The van der Waals surface area contributed by atoms with Crippen LogP contribution in [0.3, 0.4) is 0 Å². The van der Waals surface area contributed by atoms with Crippen LogP contribution < -0.4 is 43.0 Å². The molecule has 10 amide bonds. The molecule has 462 valence electrons. The van der Waals surface area contributed by atoms with Crippen LogP contribution in [-0.2, 0) is 87.8 Å². The van der Waals surface area contributed by atoms with Crippen molar-refractivity contribution in [2.75, 3.05) is 71.3 Å². The quantitative estimate of drug-likeness (QED) is 0.0217. The van der Waals surface area contributed by atoms with Crippen molar-refractivity contribution >= 4 is 82.9 Å². The number of imide groups is 1. The van der Waals surface area contributed by atoms with Crippen LogP contribution >= 0.6 is 0 Å². The topological polar surface area (TPSA) is 442 Å². The summed E-state index contributed by atoms with van der Waals surface area (Å²) in [6, 6.07) is -2.34. The lowest BCUT2D eigenvalue weighted by Crippen LogP contribution is -2.60. The number of carboxylic acids is 3. The summed E-state index contributed by atoms with van der Waals surface area (Å²) in [6.45, 7) is 9.29. The molecule has 0 bridgehead atoms. The van der Waals surface area contributed by atoms with Crippen LogP contribution in [0.15, 0.2) is 36.4 Å². The summed E-state index contributed by atoms with van der Waals surface area (Å²) in [5, 5.41) is 45.6. The maximum absolute atomic E-state index is 14.0. The predicted octanol–water partition coefficient (Wildman–Crippen LogP) is -0.781. The van der Waals surface area contributed by atoms with Gasteiger partial charge in [-0.25, -0.2) is 4.79 Å². The van der Waals surface area contributed by atoms with E-state index in [0.29, 0.717) is 11.3 Å². The van der Waals surface area contributed by atoms with Crippen molar-refractivity contribution in [3.63, 3.8) is 0 Å². The van der Waals surface area contributed by atoms with Crippen LogP contribution in [-0.4, -0.2) is 194 Å². The molecule has 83 heavy (non-hydrogen) atoms. The van der Waals surface area contributed by atoms with E-state index in [0.717, 1.165) is 4.90 Å². The third-order valence-electron chi connectivity index (χ3n) is 11.9. The fourth-order valence-corrected chi connectivity index (χ4v) is 7.27. The first-order valence-corrected chi connectivity index (χ1v) is 26.8. The van der Waals surface area contributed by atoms with E-state index in [-0.39, 0.29) is 91.8 Å². The highest BCUT2D eigenvalue weighted by molar-refractivity contribution is 6.12. The van der Waals surface area contributed by atoms with Gasteiger partial charge in [0.2, 0.25) is 35.4 Å². The van der Waals surface area contributed by atoms with Gasteiger partial charge in [0.1, 0.15) is 36.8 Å². The molecule has 0 unspecified atom stereocenters. The van der Waals surface area contributed by atoms with Gasteiger partial charge in [0.15, 0.2) is 0 Å². The third-order valence-corrected chi connectivity index (χ3v) is 11.9. The molecule has 1 aliphatic heterocycles. The number of nitrogens with one attached hydrogen (secondary N) is 7. The molecule has 1 aliphatic rings. The van der Waals surface area contributed by atoms with E-state index in [9.17, 15) is 77.6 Å². The molecule has 1 aromatic rings. The van der Waals surface area contributed by atoms with Gasteiger partial charge < -0.3 is 82.0 Å². The highest BCUT2D eigenvalue weighted by Gasteiger charge is 2.35. The van der Waals surface area contributed by atoms with Crippen molar-refractivity contribution in [1.82, 2.24) is 36.8 Å². The lowest BCUT2D eigenvalue weighted by Gasteiger charge is -2.28. The fraction of sp³-hybridized carbons (Fsp3) is 0.604. The van der Waals surface area contributed by atoms with Gasteiger partial charge in [0, 0.05) is 50.1 Å². The number of anilines is 1. The number of ether oxygens (including phenoxy) is 5. The van der Waals surface area contributed by atoms with Gasteiger partial charge in [0.25, 0.3) is 11.8 Å². The molecule has 30 heteroatoms. The molecule has 0 radical (unpaired) electrons. The Labute approximate surface area is 479 Å². The number of benzene rings is 1. The first-order valence-electron chi connectivity index (χ1n) is 26.8. The van der Waals surface area contributed by atoms with Gasteiger partial charge in [-0.1, -0.05) is 26.0 Å². The van der Waals surface area contributed by atoms with Gasteiger partial charge in [0.05, 0.1) is 64.8 Å². The Morgan fingerprint density at radius 3 is 1.45 bits per heavy atom. The Bertz CT molecular complexity index is 2390. The van der Waals surface area contributed by atoms with Crippen LogP contribution in [0.25, 0.3) is 0 Å². The maximum Gasteiger partial charge on any atom is 0.312 e. The summed E-state index contributed by atoms with van der Waals surface area (Å²) in [5.41, 5.74) is 5.37. The molecular weight excluding hydrogens is 1100 g/mol. The average molecular weight is 1180 g/mol. The molecular formula is C53H79N9O21. The van der Waals surface area contributed by atoms with Gasteiger partial charge in [-0.3, -0.25) is 62.4 Å². The second kappa shape index (κ2) is 37.8. The number of hydrogen-bond acceptors (Lipinski definition) is 18. The van der Waals surface area contributed by atoms with Crippen molar-refractivity contribution in [1.29, 1.82) is 0 Å². The largest absolute Gasteiger partial charge is 0.481 e. The van der Waals surface area contributed by atoms with E-state index in [1.807, 2.05) is 0 Å². The van der Waals surface area contributed by atoms with Gasteiger partial charge >= 0.3 is 29.9 Å². The minimum absolute atomic E-state index is 0.0160. The van der Waals surface area contributed by atoms with Crippen LogP contribution in [0.1, 0.15) is 98.0 Å². The number of esters is 1. The second-order valence-electron chi connectivity index (χ2n) is 20.1. The zero-order valence-electron chi connectivity index (χ0n) is 47.3. The summed E-state index contributed by atoms with van der Waals surface area (Å²) < 4.78 is 26.9. The molecule has 0 saturated carbocycles. The number of carboxylic acid groups (broad SMARTS) is 3. The van der Waals surface area contributed by atoms with Crippen LogP contribution in [0.5, 0.6) is 0 Å². The number of hydrogen-bond donors (Lipinski definition) is 11. The summed E-state index contributed by atoms with van der Waals surface area (Å²) in [5.74, 6) is -11.8. The zero-order valence-corrected chi connectivity index (χ0v) is 47.3. The van der Waals surface area contributed by atoms with Crippen LogP contribution in [0.2, 0.25) is 0 Å². The number of aliphatic carboxylic acids is 3. The van der Waals surface area contributed by atoms with Crippen molar-refractivity contribution in [3.8, 4) is 0 Å². The van der Waals surface area contributed by atoms with Crippen LogP contribution in [0, 0.1) is 11.3 Å². The number of carbonyl (C=O) groups is 13. The SMILES string of the molecule is CC(C)[C@H](NC(=O)[C@H](CCC(=O)O)NC(=O)[C@H](CCC(=O)O)NC(=O)[C@H](CCC(=O)O)NC(=O)CCOCCOCCOCCOCCN1C(=O)C=CC1=O)C(=O)N[C@@H](CCCNC(N)=O)C(=O)Nc1ccc(COC(=O)C(C)(C)C)cc1. The first kappa shape index (κ1) is 71.0. The number of rotatable bonds is 42. The molecule has 0 saturated heterocycles. The van der Waals surface area contributed by atoms with E-state index < -0.39 is 157 Å². The molecule has 5 atom stereocenters. The molecule has 0 aliphatic carbocycles. The Morgan fingerprint density at radius 1 is 0.554 bits per heavy atom. The number of nitrogens with zero attached hydrogens (tertiary/aromatic N) is 1. The highest BCUT2D eigenvalue weighted by Crippen LogP contribution is 2.18. The smallest absolute Gasteiger partial charge is 0.312 e. The number of amides is 10. The predicted molar refractivity (Wildman–Crippen MR) is 290 cm³/mol. The Balaban J connectivity index is 2.09. The normalized spacial score (nSPS) is 13.9. The number of carbonyl (C=O) groups excluding carboxylic acids is 10. The average Bonchev–Trinajstić information content (AvgIpc) is 3.79. The summed E-state index contributed by atoms with van der Waals surface area (Å²) in [6.07, 6.45) is -1.62. The van der Waals surface area contributed by atoms with Crippen molar-refractivity contribution in [2.45, 2.75) is 129 Å². The molecule has 0 aromatic heterocycles. The standard InChI is InChI=1S/C53H79N9O21/c1-32(2)45(50(76)60-35(7-6-21-55-52(54)78)46(72)56-34-10-8-33(9-11-34)31-83-51(77)53(3,4)5)61-49(75)38(14-19-44(70)71)59-48(74)37(13-18-43(68)69)58-47(73)36(12-17-42(66)67)57-39(63)20-23-79-25-27-81-29-30-82-28-26-80-24-22-62-40(64)15-16-41(62)65/h8-11,15-16,32,35-38,45H,6-7,12-14,17-31H2,1-5H3,(H,56,72)(H,57,63)(H,58,73)(H,59,74)(H,60,76)(H,61,75)(H,66,67)(H,68,69)(H,70,71)(H3,54,55,78)/t35-,36-,37-,38-,45-/m0/s1. The molecule has 12 N–H and O–H groups in total. The van der Waals surface area contributed by atoms with E-state index >= 15 is 0 Å². The maximum atomic E-state index is 14.0. The zero-order chi connectivity index (χ0) is 62.1. The van der Waals surface area contributed by atoms with Crippen molar-refractivity contribution < 1.29 is 101 Å². The molecule has 1 heterocycles. The summed E-state index contributed by atoms with van der Waals surface area (Å²) >= 11 is 0. The fourth-order valence-electron chi connectivity index (χ4n) is 7.27. The summed E-state index contributed by atoms with van der Waals surface area (Å²) in [4.78, 5) is 165. The van der Waals surface area contributed by atoms with Crippen LogP contribution in [0.4, 0.5) is 10.5 Å². The minimum atomic E-state index is -1.76. The third kappa shape index (κ3) is 30.0. The number of primary amides is 1. The van der Waals surface area contributed by atoms with Gasteiger partial charge in [-0.15, -0.1) is 0 Å². The Hall–Kier alpha value is -8.09. The van der Waals surface area contributed by atoms with E-state index in [4.69, 9.17) is 29.4 Å². The second-order valence-corrected chi connectivity index (χ2v) is 20.1. The Kier molecular flexibility index (Phi) is 32.4. The first-order chi connectivity index (χ1) is 39.2. The van der Waals surface area contributed by atoms with Crippen molar-refractivity contribution in [2.24, 2.45) is 17.1 Å². The van der Waals surface area contributed by atoms with Gasteiger partial charge in [-0.2, -0.15) is 0 Å². The monoisotopic (exact) mass is 1180 g/mol. The minimum Gasteiger partial charge on any atom is -0.481 e. The van der Waals surface area contributed by atoms with Crippen molar-refractivity contribution in [3.05, 3.63) is 42.0 Å². The molecule has 1 aromatic carbocycles. The van der Waals surface area contributed by atoms with E-state index in [1.165, 1.54) is 26.0 Å². The number of urea groups is 1. The van der Waals surface area contributed by atoms with E-state index in [1.54, 1.807) is 45.0 Å². The highest BCUT2D eigenvalue weighted by atomic mass is 16.6. The lowest BCUT2D eigenvalue weighted by atomic mass is 9.97. The van der Waals surface area contributed by atoms with Gasteiger partial charge in [-0.05, 0) is 76.5 Å².